The van der Waals surface area contributed by atoms with Gasteiger partial charge in [0.2, 0.25) is 11.8 Å². The number of nitrogens with zero attached hydrogens (tertiary/aromatic N) is 1. The largest absolute Gasteiger partial charge is 0.352 e. The number of carbonyl (C=O) groups excluding carboxylic acids is 2. The molecular weight excluding hydrogens is 396 g/mol. The average molecular weight is 427 g/mol. The Bertz CT molecular complexity index is 860. The molecule has 2 aromatic carbocycles. The first-order valence-corrected chi connectivity index (χ1v) is 11.2. The van der Waals surface area contributed by atoms with E-state index in [4.69, 9.17) is 11.6 Å². The lowest BCUT2D eigenvalue weighted by Crippen LogP contribution is -2.50. The molecule has 2 aromatic rings. The molecule has 3 rings (SSSR count). The molecule has 1 atom stereocenters. The van der Waals surface area contributed by atoms with Crippen LogP contribution in [0, 0.1) is 6.92 Å². The van der Waals surface area contributed by atoms with Crippen molar-refractivity contribution in [1.82, 2.24) is 10.2 Å². The SMILES string of the molecule is Cc1ccc(CN(C(=O)Cc2cccc(Cl)c2)[C@H](C)C(=O)NC2CCCCC2)cc1. The number of amides is 2. The average Bonchev–Trinajstić information content (AvgIpc) is 2.73. The Morgan fingerprint density at radius 1 is 1.07 bits per heavy atom. The summed E-state index contributed by atoms with van der Waals surface area (Å²) in [5.74, 6) is -0.155. The smallest absolute Gasteiger partial charge is 0.242 e. The van der Waals surface area contributed by atoms with Crippen LogP contribution in [0.5, 0.6) is 0 Å². The van der Waals surface area contributed by atoms with Crippen LogP contribution in [0.3, 0.4) is 0 Å². The molecular formula is C25H31ClN2O2. The topological polar surface area (TPSA) is 49.4 Å². The van der Waals surface area contributed by atoms with Gasteiger partial charge in [-0.1, -0.05) is 72.8 Å². The van der Waals surface area contributed by atoms with E-state index in [0.717, 1.165) is 36.8 Å². The maximum absolute atomic E-state index is 13.2. The van der Waals surface area contributed by atoms with Gasteiger partial charge in [-0.2, -0.15) is 0 Å². The third-order valence-corrected chi connectivity index (χ3v) is 6.07. The lowest BCUT2D eigenvalue weighted by atomic mass is 9.95. The molecule has 5 heteroatoms. The van der Waals surface area contributed by atoms with Gasteiger partial charge in [-0.15, -0.1) is 0 Å². The van der Waals surface area contributed by atoms with Crippen LogP contribution in [-0.2, 0) is 22.6 Å². The molecule has 4 nitrogen and oxygen atoms in total. The minimum atomic E-state index is -0.542. The van der Waals surface area contributed by atoms with Crippen molar-refractivity contribution < 1.29 is 9.59 Å². The first-order valence-electron chi connectivity index (χ1n) is 10.8. The van der Waals surface area contributed by atoms with E-state index in [9.17, 15) is 9.59 Å². The van der Waals surface area contributed by atoms with Crippen LogP contribution in [0.4, 0.5) is 0 Å². The van der Waals surface area contributed by atoms with E-state index < -0.39 is 6.04 Å². The van der Waals surface area contributed by atoms with Crippen LogP contribution in [0.2, 0.25) is 5.02 Å². The van der Waals surface area contributed by atoms with E-state index in [-0.39, 0.29) is 24.3 Å². The fourth-order valence-electron chi connectivity index (χ4n) is 3.96. The summed E-state index contributed by atoms with van der Waals surface area (Å²) in [6, 6.07) is 15.1. The maximum Gasteiger partial charge on any atom is 0.242 e. The number of nitrogens with one attached hydrogen (secondary N) is 1. The predicted octanol–water partition coefficient (Wildman–Crippen LogP) is 5.06. The van der Waals surface area contributed by atoms with Crippen molar-refractivity contribution in [3.8, 4) is 0 Å². The zero-order chi connectivity index (χ0) is 21.5. The third kappa shape index (κ3) is 6.33. The predicted molar refractivity (Wildman–Crippen MR) is 121 cm³/mol. The molecule has 1 N–H and O–H groups in total. The Labute approximate surface area is 184 Å². The van der Waals surface area contributed by atoms with Crippen molar-refractivity contribution in [2.24, 2.45) is 0 Å². The van der Waals surface area contributed by atoms with Crippen molar-refractivity contribution >= 4 is 23.4 Å². The molecule has 0 saturated heterocycles. The second-order valence-corrected chi connectivity index (χ2v) is 8.77. The molecule has 160 valence electrons. The van der Waals surface area contributed by atoms with Crippen molar-refractivity contribution in [2.75, 3.05) is 0 Å². The molecule has 0 aliphatic heterocycles. The molecule has 0 unspecified atom stereocenters. The molecule has 0 heterocycles. The highest BCUT2D eigenvalue weighted by Crippen LogP contribution is 2.19. The fourth-order valence-corrected chi connectivity index (χ4v) is 4.18. The van der Waals surface area contributed by atoms with Gasteiger partial charge in [-0.05, 0) is 49.9 Å². The molecule has 1 aliphatic carbocycles. The second-order valence-electron chi connectivity index (χ2n) is 8.33. The molecule has 2 amide bonds. The van der Waals surface area contributed by atoms with Gasteiger partial charge in [0.1, 0.15) is 6.04 Å². The number of aryl methyl sites for hydroxylation is 1. The standard InChI is InChI=1S/C25H31ClN2O2/c1-18-11-13-20(14-12-18)17-28(24(29)16-21-7-6-8-22(26)15-21)19(2)25(30)27-23-9-4-3-5-10-23/h6-8,11-15,19,23H,3-5,9-10,16-17H2,1-2H3,(H,27,30)/t19-/m1/s1. The lowest BCUT2D eigenvalue weighted by molar-refractivity contribution is -0.140. The molecule has 1 fully saturated rings. The Hall–Kier alpha value is -2.33. The summed E-state index contributed by atoms with van der Waals surface area (Å²) in [4.78, 5) is 27.9. The van der Waals surface area contributed by atoms with Crippen molar-refractivity contribution in [3.63, 3.8) is 0 Å². The summed E-state index contributed by atoms with van der Waals surface area (Å²) in [6.45, 7) is 4.26. The lowest BCUT2D eigenvalue weighted by Gasteiger charge is -2.31. The number of hydrogen-bond acceptors (Lipinski definition) is 2. The number of halogens is 1. The summed E-state index contributed by atoms with van der Waals surface area (Å²) in [5, 5.41) is 3.77. The number of carbonyl (C=O) groups is 2. The van der Waals surface area contributed by atoms with E-state index >= 15 is 0 Å². The third-order valence-electron chi connectivity index (χ3n) is 5.84. The Kier molecular flexibility index (Phi) is 7.92. The van der Waals surface area contributed by atoms with Crippen LogP contribution >= 0.6 is 11.6 Å². The zero-order valence-corrected chi connectivity index (χ0v) is 18.6. The van der Waals surface area contributed by atoms with E-state index in [1.54, 1.807) is 17.0 Å². The number of benzene rings is 2. The summed E-state index contributed by atoms with van der Waals surface area (Å²) >= 11 is 6.08. The molecule has 1 aliphatic rings. The normalized spacial score (nSPS) is 15.4. The van der Waals surface area contributed by atoms with E-state index in [0.29, 0.717) is 11.6 Å². The van der Waals surface area contributed by atoms with Crippen LogP contribution < -0.4 is 5.32 Å². The Balaban J connectivity index is 1.75. The van der Waals surface area contributed by atoms with Crippen LogP contribution in [0.25, 0.3) is 0 Å². The monoisotopic (exact) mass is 426 g/mol. The summed E-state index contributed by atoms with van der Waals surface area (Å²) in [7, 11) is 0. The van der Waals surface area contributed by atoms with Crippen molar-refractivity contribution in [1.29, 1.82) is 0 Å². The first-order chi connectivity index (χ1) is 14.4. The van der Waals surface area contributed by atoms with Gasteiger partial charge in [0.05, 0.1) is 6.42 Å². The van der Waals surface area contributed by atoms with Gasteiger partial charge >= 0.3 is 0 Å². The first kappa shape index (κ1) is 22.4. The van der Waals surface area contributed by atoms with Gasteiger partial charge in [0, 0.05) is 17.6 Å². The van der Waals surface area contributed by atoms with Gasteiger partial charge < -0.3 is 10.2 Å². The van der Waals surface area contributed by atoms with Gasteiger partial charge in [0.15, 0.2) is 0 Å². The minimum Gasteiger partial charge on any atom is -0.352 e. The molecule has 0 spiro atoms. The van der Waals surface area contributed by atoms with Crippen molar-refractivity contribution in [2.45, 2.75) is 71.0 Å². The van der Waals surface area contributed by atoms with Crippen LogP contribution in [-0.4, -0.2) is 28.8 Å². The van der Waals surface area contributed by atoms with E-state index in [2.05, 4.69) is 5.32 Å². The van der Waals surface area contributed by atoms with Gasteiger partial charge in [0.25, 0.3) is 0 Å². The highest BCUT2D eigenvalue weighted by molar-refractivity contribution is 6.30. The van der Waals surface area contributed by atoms with Crippen LogP contribution in [0.15, 0.2) is 48.5 Å². The highest BCUT2D eigenvalue weighted by atomic mass is 35.5. The zero-order valence-electron chi connectivity index (χ0n) is 17.9. The van der Waals surface area contributed by atoms with Crippen molar-refractivity contribution in [3.05, 3.63) is 70.2 Å². The number of hydrogen-bond donors (Lipinski definition) is 1. The summed E-state index contributed by atoms with van der Waals surface area (Å²) < 4.78 is 0. The Morgan fingerprint density at radius 3 is 2.43 bits per heavy atom. The van der Waals surface area contributed by atoms with Crippen LogP contribution in [0.1, 0.15) is 55.7 Å². The van der Waals surface area contributed by atoms with Gasteiger partial charge in [-0.3, -0.25) is 9.59 Å². The molecule has 30 heavy (non-hydrogen) atoms. The molecule has 0 radical (unpaired) electrons. The Morgan fingerprint density at radius 2 is 1.77 bits per heavy atom. The van der Waals surface area contributed by atoms with Gasteiger partial charge in [-0.25, -0.2) is 0 Å². The summed E-state index contributed by atoms with van der Waals surface area (Å²) in [6.07, 6.45) is 5.80. The fraction of sp³-hybridized carbons (Fsp3) is 0.440. The molecule has 1 saturated carbocycles. The second kappa shape index (κ2) is 10.6. The highest BCUT2D eigenvalue weighted by Gasteiger charge is 2.28. The molecule has 0 bridgehead atoms. The van der Waals surface area contributed by atoms with E-state index in [1.165, 1.54) is 12.0 Å². The minimum absolute atomic E-state index is 0.0755. The quantitative estimate of drug-likeness (QED) is 0.672. The summed E-state index contributed by atoms with van der Waals surface area (Å²) in [5.41, 5.74) is 3.03. The number of rotatable bonds is 7. The maximum atomic E-state index is 13.2. The molecule has 0 aromatic heterocycles. The van der Waals surface area contributed by atoms with E-state index in [1.807, 2.05) is 50.2 Å².